The summed E-state index contributed by atoms with van der Waals surface area (Å²) in [7, 11) is 0. The predicted molar refractivity (Wildman–Crippen MR) is 67.3 cm³/mol. The molecule has 1 aliphatic rings. The first-order valence-corrected chi connectivity index (χ1v) is 6.24. The summed E-state index contributed by atoms with van der Waals surface area (Å²) < 4.78 is 1.68. The van der Waals surface area contributed by atoms with Crippen LogP contribution in [0.25, 0.3) is 5.65 Å². The lowest BCUT2D eigenvalue weighted by atomic mass is 9.81. The second-order valence-corrected chi connectivity index (χ2v) is 5.16. The van der Waals surface area contributed by atoms with Crippen molar-refractivity contribution < 1.29 is 0 Å². The molecule has 2 aromatic rings. The van der Waals surface area contributed by atoms with Crippen molar-refractivity contribution in [3.05, 3.63) is 12.4 Å². The Balaban J connectivity index is 1.74. The second kappa shape index (κ2) is 4.49. The lowest BCUT2D eigenvalue weighted by Crippen LogP contribution is -2.39. The fraction of sp³-hybridized carbons (Fsp3) is 0.636. The third-order valence-corrected chi connectivity index (χ3v) is 3.62. The van der Waals surface area contributed by atoms with Crippen molar-refractivity contribution in [2.24, 2.45) is 5.41 Å². The lowest BCUT2D eigenvalue weighted by molar-refractivity contribution is 0.247. The number of nitrogens with one attached hydrogen (secondary N) is 2. The first-order valence-electron chi connectivity index (χ1n) is 6.24. The molecule has 0 radical (unpaired) electrons. The average Bonchev–Trinajstić information content (AvgIpc) is 2.86. The molecule has 0 amide bonds. The minimum Gasteiger partial charge on any atom is -0.368 e. The molecule has 1 aliphatic heterocycles. The molecule has 2 aromatic heterocycles. The summed E-state index contributed by atoms with van der Waals surface area (Å²) >= 11 is 0. The van der Waals surface area contributed by atoms with E-state index in [0.29, 0.717) is 11.1 Å². The number of piperidine rings is 1. The van der Waals surface area contributed by atoms with E-state index in [0.717, 1.165) is 25.5 Å². The molecule has 0 aliphatic carbocycles. The van der Waals surface area contributed by atoms with Gasteiger partial charge in [-0.15, -0.1) is 5.10 Å². The largest absolute Gasteiger partial charge is 0.368 e. The number of hydrogen-bond acceptors (Lipinski definition) is 6. The molecule has 3 heterocycles. The molecule has 7 nitrogen and oxygen atoms in total. The number of tetrazole rings is 1. The molecular formula is C11H17N7. The van der Waals surface area contributed by atoms with Gasteiger partial charge in [-0.3, -0.25) is 4.98 Å². The second-order valence-electron chi connectivity index (χ2n) is 5.16. The van der Waals surface area contributed by atoms with Crippen LogP contribution >= 0.6 is 0 Å². The Labute approximate surface area is 105 Å². The maximum atomic E-state index is 4.13. The fourth-order valence-electron chi connectivity index (χ4n) is 2.31. The summed E-state index contributed by atoms with van der Waals surface area (Å²) in [5.74, 6) is 0.845. The summed E-state index contributed by atoms with van der Waals surface area (Å²) in [6.07, 6.45) is 5.77. The maximum absolute atomic E-state index is 4.13. The van der Waals surface area contributed by atoms with E-state index in [4.69, 9.17) is 0 Å². The van der Waals surface area contributed by atoms with Gasteiger partial charge in [-0.05, 0) is 41.8 Å². The number of aromatic nitrogens is 5. The summed E-state index contributed by atoms with van der Waals surface area (Å²) in [5, 5.41) is 18.3. The first-order chi connectivity index (χ1) is 8.77. The van der Waals surface area contributed by atoms with Crippen molar-refractivity contribution in [2.45, 2.75) is 19.8 Å². The SMILES string of the molecule is CC1(CNc2cncc3nnnn23)CCNCC1. The Morgan fingerprint density at radius 2 is 2.22 bits per heavy atom. The van der Waals surface area contributed by atoms with Gasteiger partial charge in [0.1, 0.15) is 5.82 Å². The van der Waals surface area contributed by atoms with Gasteiger partial charge in [0, 0.05) is 6.54 Å². The summed E-state index contributed by atoms with van der Waals surface area (Å²) in [6, 6.07) is 0. The molecule has 0 bridgehead atoms. The number of anilines is 1. The zero-order valence-electron chi connectivity index (χ0n) is 10.4. The first kappa shape index (κ1) is 11.3. The van der Waals surface area contributed by atoms with E-state index >= 15 is 0 Å². The minimum atomic E-state index is 0.321. The van der Waals surface area contributed by atoms with Crippen molar-refractivity contribution >= 4 is 11.5 Å². The van der Waals surface area contributed by atoms with Crippen LogP contribution in [0, 0.1) is 5.41 Å². The van der Waals surface area contributed by atoms with E-state index in [1.165, 1.54) is 12.8 Å². The summed E-state index contributed by atoms with van der Waals surface area (Å²) in [5.41, 5.74) is 0.983. The van der Waals surface area contributed by atoms with E-state index in [1.807, 2.05) is 0 Å². The normalized spacial score (nSPS) is 18.9. The van der Waals surface area contributed by atoms with Crippen LogP contribution in [-0.2, 0) is 0 Å². The monoisotopic (exact) mass is 247 g/mol. The van der Waals surface area contributed by atoms with Crippen molar-refractivity contribution in [2.75, 3.05) is 25.0 Å². The van der Waals surface area contributed by atoms with Crippen LogP contribution in [0.5, 0.6) is 0 Å². The predicted octanol–water partition coefficient (Wildman–Crippen LogP) is 0.321. The molecule has 0 aromatic carbocycles. The van der Waals surface area contributed by atoms with Crippen LogP contribution in [0.3, 0.4) is 0 Å². The van der Waals surface area contributed by atoms with Gasteiger partial charge in [-0.2, -0.15) is 4.52 Å². The molecule has 0 unspecified atom stereocenters. The topological polar surface area (TPSA) is 80.0 Å². The maximum Gasteiger partial charge on any atom is 0.199 e. The van der Waals surface area contributed by atoms with E-state index in [1.54, 1.807) is 16.9 Å². The zero-order valence-corrected chi connectivity index (χ0v) is 10.4. The quantitative estimate of drug-likeness (QED) is 0.813. The number of fused-ring (bicyclic) bond motifs is 1. The smallest absolute Gasteiger partial charge is 0.199 e. The van der Waals surface area contributed by atoms with Gasteiger partial charge < -0.3 is 10.6 Å². The van der Waals surface area contributed by atoms with Crippen LogP contribution in [0.2, 0.25) is 0 Å². The lowest BCUT2D eigenvalue weighted by Gasteiger charge is -2.34. The van der Waals surface area contributed by atoms with Crippen LogP contribution in [0.1, 0.15) is 19.8 Å². The average molecular weight is 247 g/mol. The highest BCUT2D eigenvalue weighted by Crippen LogP contribution is 2.27. The van der Waals surface area contributed by atoms with E-state index in [-0.39, 0.29) is 0 Å². The Hall–Kier alpha value is -1.76. The minimum absolute atomic E-state index is 0.321. The number of rotatable bonds is 3. The van der Waals surface area contributed by atoms with Gasteiger partial charge >= 0.3 is 0 Å². The van der Waals surface area contributed by atoms with Gasteiger partial charge in [0.2, 0.25) is 0 Å². The molecule has 0 atom stereocenters. The molecule has 7 heteroatoms. The van der Waals surface area contributed by atoms with Gasteiger partial charge in [-0.25, -0.2) is 0 Å². The standard InChI is InChI=1S/C11H17N7/c1-11(2-4-12-5-3-11)8-14-9-6-13-7-10-15-16-17-18(9)10/h6-7,12,14H,2-5,8H2,1H3. The van der Waals surface area contributed by atoms with Gasteiger partial charge in [0.25, 0.3) is 0 Å². The van der Waals surface area contributed by atoms with Crippen molar-refractivity contribution in [3.8, 4) is 0 Å². The molecule has 0 saturated carbocycles. The Morgan fingerprint density at radius 1 is 1.39 bits per heavy atom. The molecular weight excluding hydrogens is 230 g/mol. The summed E-state index contributed by atoms with van der Waals surface area (Å²) in [4.78, 5) is 4.13. The van der Waals surface area contributed by atoms with Gasteiger partial charge in [0.05, 0.1) is 12.4 Å². The molecule has 2 N–H and O–H groups in total. The highest BCUT2D eigenvalue weighted by Gasteiger charge is 2.26. The van der Waals surface area contributed by atoms with Crippen molar-refractivity contribution in [1.29, 1.82) is 0 Å². The zero-order chi connectivity index (χ0) is 12.4. The van der Waals surface area contributed by atoms with Crippen molar-refractivity contribution in [3.63, 3.8) is 0 Å². The van der Waals surface area contributed by atoms with E-state index in [2.05, 4.69) is 38.1 Å². The third-order valence-electron chi connectivity index (χ3n) is 3.62. The van der Waals surface area contributed by atoms with Crippen molar-refractivity contribution in [1.82, 2.24) is 30.3 Å². The van der Waals surface area contributed by atoms with Crippen LogP contribution in [-0.4, -0.2) is 44.7 Å². The third kappa shape index (κ3) is 2.13. The van der Waals surface area contributed by atoms with E-state index < -0.39 is 0 Å². The van der Waals surface area contributed by atoms with Crippen LogP contribution in [0.15, 0.2) is 12.4 Å². The molecule has 3 rings (SSSR count). The molecule has 1 saturated heterocycles. The Morgan fingerprint density at radius 3 is 3.06 bits per heavy atom. The Bertz CT molecular complexity index is 529. The number of hydrogen-bond donors (Lipinski definition) is 2. The summed E-state index contributed by atoms with van der Waals surface area (Å²) in [6.45, 7) is 5.40. The fourth-order valence-corrected chi connectivity index (χ4v) is 2.31. The van der Waals surface area contributed by atoms with Gasteiger partial charge in [-0.1, -0.05) is 6.92 Å². The van der Waals surface area contributed by atoms with Crippen LogP contribution in [0.4, 0.5) is 5.82 Å². The molecule has 96 valence electrons. The molecule has 1 fully saturated rings. The highest BCUT2D eigenvalue weighted by molar-refractivity contribution is 5.43. The highest BCUT2D eigenvalue weighted by atomic mass is 15.5. The number of nitrogens with zero attached hydrogens (tertiary/aromatic N) is 5. The molecule has 0 spiro atoms. The van der Waals surface area contributed by atoms with E-state index in [9.17, 15) is 0 Å². The Kier molecular flexibility index (Phi) is 2.83. The van der Waals surface area contributed by atoms with Gasteiger partial charge in [0.15, 0.2) is 5.65 Å². The van der Waals surface area contributed by atoms with Crippen LogP contribution < -0.4 is 10.6 Å². The molecule has 18 heavy (non-hydrogen) atoms.